The Bertz CT molecular complexity index is 807. The summed E-state index contributed by atoms with van der Waals surface area (Å²) in [6, 6.07) is 11.5. The highest BCUT2D eigenvalue weighted by Crippen LogP contribution is 2.24. The number of nitro groups is 1. The Morgan fingerprint density at radius 2 is 2.00 bits per heavy atom. The number of amides is 1. The van der Waals surface area contributed by atoms with Gasteiger partial charge in [0.1, 0.15) is 11.4 Å². The van der Waals surface area contributed by atoms with Crippen molar-refractivity contribution in [3.05, 3.63) is 63.7 Å². The van der Waals surface area contributed by atoms with Crippen molar-refractivity contribution in [2.24, 2.45) is 0 Å². The van der Waals surface area contributed by atoms with E-state index in [1.807, 2.05) is 37.1 Å². The summed E-state index contributed by atoms with van der Waals surface area (Å²) in [5, 5.41) is 13.7. The van der Waals surface area contributed by atoms with Crippen molar-refractivity contribution < 1.29 is 14.5 Å². The molecule has 0 saturated carbocycles. The molecule has 0 radical (unpaired) electrons. The van der Waals surface area contributed by atoms with Crippen LogP contribution in [0.2, 0.25) is 0 Å². The van der Waals surface area contributed by atoms with Crippen molar-refractivity contribution in [3.8, 4) is 5.75 Å². The van der Waals surface area contributed by atoms with Crippen LogP contribution in [0.5, 0.6) is 5.75 Å². The summed E-state index contributed by atoms with van der Waals surface area (Å²) in [7, 11) is 3.43. The van der Waals surface area contributed by atoms with E-state index in [0.717, 1.165) is 16.9 Å². The zero-order valence-electron chi connectivity index (χ0n) is 15.4. The Morgan fingerprint density at radius 3 is 2.65 bits per heavy atom. The average Bonchev–Trinajstić information content (AvgIpc) is 2.61. The molecule has 138 valence electrons. The maximum absolute atomic E-state index is 12.5. The predicted molar refractivity (Wildman–Crippen MR) is 100 cm³/mol. The van der Waals surface area contributed by atoms with Gasteiger partial charge in [-0.05, 0) is 33.0 Å². The molecule has 1 N–H and O–H groups in total. The number of hydrogen-bond donors (Lipinski definition) is 1. The van der Waals surface area contributed by atoms with Crippen molar-refractivity contribution in [1.82, 2.24) is 4.90 Å². The molecule has 2 aromatic carbocycles. The molecule has 0 aliphatic heterocycles. The Morgan fingerprint density at radius 1 is 1.31 bits per heavy atom. The topological polar surface area (TPSA) is 84.7 Å². The third-order valence-corrected chi connectivity index (χ3v) is 4.25. The molecule has 1 atom stereocenters. The number of benzene rings is 2. The fourth-order valence-electron chi connectivity index (χ4n) is 2.61. The number of aryl methyl sites for hydroxylation is 1. The van der Waals surface area contributed by atoms with Gasteiger partial charge in [0.05, 0.1) is 18.1 Å². The van der Waals surface area contributed by atoms with E-state index < -0.39 is 11.0 Å². The second kappa shape index (κ2) is 8.44. The highest BCUT2D eigenvalue weighted by atomic mass is 16.6. The number of hydrogen-bond acceptors (Lipinski definition) is 5. The van der Waals surface area contributed by atoms with Crippen molar-refractivity contribution in [1.29, 1.82) is 0 Å². The molecule has 0 saturated heterocycles. The minimum atomic E-state index is -0.512. The van der Waals surface area contributed by atoms with E-state index in [1.54, 1.807) is 26.2 Å². The van der Waals surface area contributed by atoms with Gasteiger partial charge in [0.2, 0.25) is 5.91 Å². The molecular weight excluding hydrogens is 334 g/mol. The molecule has 0 bridgehead atoms. The number of carbonyl (C=O) groups excluding carboxylic acids is 1. The largest absolute Gasteiger partial charge is 0.496 e. The SMILES string of the molecule is COc1ccc(C)cc1CN(C)[C@@H](C)C(=O)Nc1ccccc1[N+](=O)[O-]. The number of nitro benzene ring substituents is 1. The lowest BCUT2D eigenvalue weighted by Gasteiger charge is -2.25. The van der Waals surface area contributed by atoms with Gasteiger partial charge < -0.3 is 10.1 Å². The number of nitrogens with zero attached hydrogens (tertiary/aromatic N) is 2. The molecule has 2 rings (SSSR count). The van der Waals surface area contributed by atoms with Gasteiger partial charge in [0.25, 0.3) is 5.69 Å². The normalized spacial score (nSPS) is 11.9. The van der Waals surface area contributed by atoms with Crippen LogP contribution in [-0.2, 0) is 11.3 Å². The maximum atomic E-state index is 12.5. The smallest absolute Gasteiger partial charge is 0.292 e. The number of carbonyl (C=O) groups is 1. The van der Waals surface area contributed by atoms with E-state index in [9.17, 15) is 14.9 Å². The summed E-state index contributed by atoms with van der Waals surface area (Å²) in [5.41, 5.74) is 2.14. The van der Waals surface area contributed by atoms with Crippen LogP contribution in [0.4, 0.5) is 11.4 Å². The Labute approximate surface area is 152 Å². The van der Waals surface area contributed by atoms with E-state index in [0.29, 0.717) is 6.54 Å². The molecule has 0 spiro atoms. The molecule has 0 unspecified atom stereocenters. The summed E-state index contributed by atoms with van der Waals surface area (Å²) in [6.07, 6.45) is 0. The van der Waals surface area contributed by atoms with Crippen LogP contribution in [-0.4, -0.2) is 35.9 Å². The Balaban J connectivity index is 2.11. The van der Waals surface area contributed by atoms with Crippen LogP contribution < -0.4 is 10.1 Å². The average molecular weight is 357 g/mol. The molecular formula is C19H23N3O4. The first-order valence-electron chi connectivity index (χ1n) is 8.21. The molecule has 2 aromatic rings. The second-order valence-electron chi connectivity index (χ2n) is 6.17. The molecule has 0 aromatic heterocycles. The standard InChI is InChI=1S/C19H23N3O4/c1-13-9-10-18(26-4)15(11-13)12-21(3)14(2)19(23)20-16-7-5-6-8-17(16)22(24)25/h5-11,14H,12H2,1-4H3,(H,20,23)/t14-/m0/s1. The first-order valence-corrected chi connectivity index (χ1v) is 8.21. The summed E-state index contributed by atoms with van der Waals surface area (Å²) in [5.74, 6) is 0.446. The molecule has 0 heterocycles. The summed E-state index contributed by atoms with van der Waals surface area (Å²) < 4.78 is 5.38. The van der Waals surface area contributed by atoms with E-state index >= 15 is 0 Å². The van der Waals surface area contributed by atoms with Crippen LogP contribution in [0.25, 0.3) is 0 Å². The third-order valence-electron chi connectivity index (χ3n) is 4.25. The monoisotopic (exact) mass is 357 g/mol. The highest BCUT2D eigenvalue weighted by Gasteiger charge is 2.22. The molecule has 1 amide bonds. The van der Waals surface area contributed by atoms with Gasteiger partial charge in [-0.2, -0.15) is 0 Å². The lowest BCUT2D eigenvalue weighted by Crippen LogP contribution is -2.39. The van der Waals surface area contributed by atoms with Crippen molar-refractivity contribution in [2.45, 2.75) is 26.4 Å². The van der Waals surface area contributed by atoms with Crippen molar-refractivity contribution >= 4 is 17.3 Å². The maximum Gasteiger partial charge on any atom is 0.292 e. The zero-order chi connectivity index (χ0) is 19.3. The van der Waals surface area contributed by atoms with Gasteiger partial charge in [-0.3, -0.25) is 19.8 Å². The van der Waals surface area contributed by atoms with Gasteiger partial charge in [-0.15, -0.1) is 0 Å². The summed E-state index contributed by atoms with van der Waals surface area (Å²) in [6.45, 7) is 4.26. The third kappa shape index (κ3) is 4.58. The van der Waals surface area contributed by atoms with E-state index in [1.165, 1.54) is 12.1 Å². The van der Waals surface area contributed by atoms with Crippen LogP contribution in [0.3, 0.4) is 0 Å². The first kappa shape index (κ1) is 19.4. The molecule has 26 heavy (non-hydrogen) atoms. The predicted octanol–water partition coefficient (Wildman–Crippen LogP) is 3.37. The van der Waals surface area contributed by atoms with Crippen LogP contribution in [0.1, 0.15) is 18.1 Å². The van der Waals surface area contributed by atoms with Gasteiger partial charge in [0, 0.05) is 18.2 Å². The van der Waals surface area contributed by atoms with Crippen molar-refractivity contribution in [2.75, 3.05) is 19.5 Å². The number of nitrogens with one attached hydrogen (secondary N) is 1. The van der Waals surface area contributed by atoms with Crippen molar-refractivity contribution in [3.63, 3.8) is 0 Å². The van der Waals surface area contributed by atoms with E-state index in [4.69, 9.17) is 4.74 Å². The van der Waals surface area contributed by atoms with Gasteiger partial charge in [0.15, 0.2) is 0 Å². The zero-order valence-corrected chi connectivity index (χ0v) is 15.4. The lowest BCUT2D eigenvalue weighted by molar-refractivity contribution is -0.383. The molecule has 0 fully saturated rings. The first-order chi connectivity index (χ1) is 12.3. The van der Waals surface area contributed by atoms with E-state index in [2.05, 4.69) is 5.32 Å². The second-order valence-corrected chi connectivity index (χ2v) is 6.17. The van der Waals surface area contributed by atoms with Gasteiger partial charge in [-0.25, -0.2) is 0 Å². The highest BCUT2D eigenvalue weighted by molar-refractivity contribution is 5.96. The number of rotatable bonds is 7. The number of para-hydroxylation sites is 2. The lowest BCUT2D eigenvalue weighted by atomic mass is 10.1. The van der Waals surface area contributed by atoms with E-state index in [-0.39, 0.29) is 17.3 Å². The Hall–Kier alpha value is -2.93. The summed E-state index contributed by atoms with van der Waals surface area (Å²) in [4.78, 5) is 25.0. The fourth-order valence-corrected chi connectivity index (χ4v) is 2.61. The molecule has 7 nitrogen and oxygen atoms in total. The summed E-state index contributed by atoms with van der Waals surface area (Å²) >= 11 is 0. The minimum Gasteiger partial charge on any atom is -0.496 e. The molecule has 0 aliphatic rings. The van der Waals surface area contributed by atoms with Crippen LogP contribution >= 0.6 is 0 Å². The Kier molecular flexibility index (Phi) is 6.30. The fraction of sp³-hybridized carbons (Fsp3) is 0.316. The number of anilines is 1. The van der Waals surface area contributed by atoms with Crippen LogP contribution in [0.15, 0.2) is 42.5 Å². The van der Waals surface area contributed by atoms with Crippen LogP contribution in [0, 0.1) is 17.0 Å². The minimum absolute atomic E-state index is 0.129. The van der Waals surface area contributed by atoms with Gasteiger partial charge in [-0.1, -0.05) is 29.8 Å². The quantitative estimate of drug-likeness (QED) is 0.607. The molecule has 0 aliphatic carbocycles. The number of methoxy groups -OCH3 is 1. The molecule has 7 heteroatoms. The number of likely N-dealkylation sites (N-methyl/N-ethyl adjacent to an activating group) is 1. The number of ether oxygens (including phenoxy) is 1. The van der Waals surface area contributed by atoms with Gasteiger partial charge >= 0.3 is 0 Å².